The molecule has 24 heavy (non-hydrogen) atoms. The summed E-state index contributed by atoms with van der Waals surface area (Å²) >= 11 is 6.09. The standard InChI is InChI=1S/C20H17ClN2O/c1-13-18-16-4-2-3-5-17(16)23(15-8-6-14(21)7-9-15)12-20(10-11-20)19(18)24-22-13/h2-9H,10-12H2,1H3. The van der Waals surface area contributed by atoms with E-state index in [0.29, 0.717) is 0 Å². The van der Waals surface area contributed by atoms with Crippen LogP contribution in [-0.4, -0.2) is 11.7 Å². The van der Waals surface area contributed by atoms with Crippen LogP contribution in [0.4, 0.5) is 11.4 Å². The molecule has 2 aliphatic rings. The molecule has 0 bridgehead atoms. The third kappa shape index (κ3) is 1.94. The van der Waals surface area contributed by atoms with Gasteiger partial charge in [-0.05, 0) is 50.1 Å². The average Bonchev–Trinajstić information content (AvgIpc) is 3.30. The molecule has 3 nitrogen and oxygen atoms in total. The molecule has 1 aromatic heterocycles. The normalized spacial score (nSPS) is 17.3. The van der Waals surface area contributed by atoms with Crippen molar-refractivity contribution in [1.82, 2.24) is 5.16 Å². The molecular formula is C20H17ClN2O. The van der Waals surface area contributed by atoms with E-state index in [2.05, 4.69) is 46.5 Å². The predicted octanol–water partition coefficient (Wildman–Crippen LogP) is 5.49. The van der Waals surface area contributed by atoms with E-state index in [0.717, 1.165) is 41.6 Å². The number of hydrogen-bond donors (Lipinski definition) is 0. The maximum Gasteiger partial charge on any atom is 0.152 e. The first kappa shape index (κ1) is 14.1. The Kier molecular flexibility index (Phi) is 2.86. The lowest BCUT2D eigenvalue weighted by Crippen LogP contribution is -2.27. The third-order valence-corrected chi connectivity index (χ3v) is 5.51. The number of anilines is 2. The highest BCUT2D eigenvalue weighted by molar-refractivity contribution is 6.30. The third-order valence-electron chi connectivity index (χ3n) is 5.26. The molecule has 0 N–H and O–H groups in total. The van der Waals surface area contributed by atoms with Crippen LogP contribution < -0.4 is 4.90 Å². The van der Waals surface area contributed by atoms with Crippen LogP contribution in [0.3, 0.4) is 0 Å². The van der Waals surface area contributed by atoms with Crippen molar-refractivity contribution < 1.29 is 4.52 Å². The molecule has 2 heterocycles. The number of rotatable bonds is 1. The van der Waals surface area contributed by atoms with Gasteiger partial charge in [0.15, 0.2) is 5.76 Å². The summed E-state index contributed by atoms with van der Waals surface area (Å²) in [7, 11) is 0. The number of para-hydroxylation sites is 1. The molecule has 3 aromatic rings. The summed E-state index contributed by atoms with van der Waals surface area (Å²) in [5, 5.41) is 5.03. The Bertz CT molecular complexity index is 925. The van der Waals surface area contributed by atoms with Crippen molar-refractivity contribution in [2.45, 2.75) is 25.2 Å². The molecule has 0 atom stereocenters. The minimum absolute atomic E-state index is 0.0786. The lowest BCUT2D eigenvalue weighted by molar-refractivity contribution is 0.352. The summed E-state index contributed by atoms with van der Waals surface area (Å²) < 4.78 is 5.81. The number of benzene rings is 2. The van der Waals surface area contributed by atoms with Crippen LogP contribution in [0.5, 0.6) is 0 Å². The zero-order chi connectivity index (χ0) is 16.3. The van der Waals surface area contributed by atoms with Crippen LogP contribution in [0.15, 0.2) is 53.1 Å². The Morgan fingerprint density at radius 3 is 2.58 bits per heavy atom. The molecule has 1 spiro atoms. The topological polar surface area (TPSA) is 29.3 Å². The molecule has 120 valence electrons. The van der Waals surface area contributed by atoms with Gasteiger partial charge in [-0.15, -0.1) is 0 Å². The quantitative estimate of drug-likeness (QED) is 0.588. The highest BCUT2D eigenvalue weighted by Gasteiger charge is 2.52. The highest BCUT2D eigenvalue weighted by Crippen LogP contribution is 2.57. The Morgan fingerprint density at radius 1 is 1.08 bits per heavy atom. The number of hydrogen-bond acceptors (Lipinski definition) is 3. The molecule has 0 amide bonds. The molecule has 1 saturated carbocycles. The molecule has 5 rings (SSSR count). The van der Waals surface area contributed by atoms with Crippen molar-refractivity contribution in [1.29, 1.82) is 0 Å². The van der Waals surface area contributed by atoms with E-state index in [1.807, 2.05) is 19.1 Å². The van der Waals surface area contributed by atoms with Crippen LogP contribution in [0.25, 0.3) is 11.1 Å². The number of fused-ring (bicyclic) bond motifs is 4. The van der Waals surface area contributed by atoms with Crippen LogP contribution in [0.2, 0.25) is 5.02 Å². The molecular weight excluding hydrogens is 320 g/mol. The summed E-state index contributed by atoms with van der Waals surface area (Å²) in [6, 6.07) is 16.6. The molecule has 1 aliphatic carbocycles. The van der Waals surface area contributed by atoms with Gasteiger partial charge in [0, 0.05) is 33.9 Å². The van der Waals surface area contributed by atoms with Crippen LogP contribution in [-0.2, 0) is 5.41 Å². The molecule has 1 fully saturated rings. The van der Waals surface area contributed by atoms with Gasteiger partial charge in [0.05, 0.1) is 11.3 Å². The minimum Gasteiger partial charge on any atom is -0.360 e. The minimum atomic E-state index is 0.0786. The van der Waals surface area contributed by atoms with Crippen molar-refractivity contribution in [3.8, 4) is 11.1 Å². The first-order valence-corrected chi connectivity index (χ1v) is 8.65. The molecule has 4 heteroatoms. The second kappa shape index (κ2) is 4.87. The average molecular weight is 337 g/mol. The zero-order valence-corrected chi connectivity index (χ0v) is 14.2. The van der Waals surface area contributed by atoms with E-state index in [-0.39, 0.29) is 5.41 Å². The van der Waals surface area contributed by atoms with Gasteiger partial charge in [-0.25, -0.2) is 0 Å². The van der Waals surface area contributed by atoms with Crippen molar-refractivity contribution in [2.75, 3.05) is 11.4 Å². The monoisotopic (exact) mass is 336 g/mol. The van der Waals surface area contributed by atoms with Gasteiger partial charge in [-0.2, -0.15) is 0 Å². The zero-order valence-electron chi connectivity index (χ0n) is 13.4. The lowest BCUT2D eigenvalue weighted by Gasteiger charge is -2.27. The molecule has 0 saturated heterocycles. The van der Waals surface area contributed by atoms with Crippen LogP contribution in [0, 0.1) is 6.92 Å². The Balaban J connectivity index is 1.76. The van der Waals surface area contributed by atoms with Crippen molar-refractivity contribution in [3.63, 3.8) is 0 Å². The van der Waals surface area contributed by atoms with Crippen molar-refractivity contribution in [2.24, 2.45) is 0 Å². The van der Waals surface area contributed by atoms with Crippen LogP contribution in [0.1, 0.15) is 24.3 Å². The van der Waals surface area contributed by atoms with E-state index in [1.54, 1.807) is 0 Å². The largest absolute Gasteiger partial charge is 0.360 e. The smallest absolute Gasteiger partial charge is 0.152 e. The summed E-state index contributed by atoms with van der Waals surface area (Å²) in [6.45, 7) is 2.94. The van der Waals surface area contributed by atoms with Gasteiger partial charge in [0.1, 0.15) is 0 Å². The van der Waals surface area contributed by atoms with Gasteiger partial charge in [-0.1, -0.05) is 35.0 Å². The van der Waals surface area contributed by atoms with Gasteiger partial charge >= 0.3 is 0 Å². The van der Waals surface area contributed by atoms with Gasteiger partial charge in [-0.3, -0.25) is 0 Å². The molecule has 2 aromatic carbocycles. The molecule has 0 unspecified atom stereocenters. The number of halogens is 1. The fourth-order valence-corrected chi connectivity index (χ4v) is 3.94. The van der Waals surface area contributed by atoms with E-state index < -0.39 is 0 Å². The van der Waals surface area contributed by atoms with Crippen molar-refractivity contribution >= 4 is 23.0 Å². The fourth-order valence-electron chi connectivity index (χ4n) is 3.82. The molecule has 1 aliphatic heterocycles. The fraction of sp³-hybridized carbons (Fsp3) is 0.250. The van der Waals surface area contributed by atoms with E-state index in [9.17, 15) is 0 Å². The molecule has 0 radical (unpaired) electrons. The summed E-state index contributed by atoms with van der Waals surface area (Å²) in [5.74, 6) is 1.06. The van der Waals surface area contributed by atoms with E-state index in [4.69, 9.17) is 16.1 Å². The predicted molar refractivity (Wildman–Crippen MR) is 96.0 cm³/mol. The second-order valence-corrected chi connectivity index (χ2v) is 7.27. The highest BCUT2D eigenvalue weighted by atomic mass is 35.5. The second-order valence-electron chi connectivity index (χ2n) is 6.83. The van der Waals surface area contributed by atoms with Gasteiger partial charge in [0.2, 0.25) is 0 Å². The van der Waals surface area contributed by atoms with Crippen LogP contribution >= 0.6 is 11.6 Å². The lowest BCUT2D eigenvalue weighted by atomic mass is 9.95. The maximum absolute atomic E-state index is 6.09. The summed E-state index contributed by atoms with van der Waals surface area (Å²) in [4.78, 5) is 2.40. The number of aryl methyl sites for hydroxylation is 1. The first-order valence-electron chi connectivity index (χ1n) is 8.27. The SMILES string of the molecule is Cc1noc2c1-c1ccccc1N(c1ccc(Cl)cc1)CC21CC1. The Hall–Kier alpha value is -2.26. The maximum atomic E-state index is 6.09. The van der Waals surface area contributed by atoms with E-state index >= 15 is 0 Å². The van der Waals surface area contributed by atoms with Crippen molar-refractivity contribution in [3.05, 3.63) is 65.0 Å². The summed E-state index contributed by atoms with van der Waals surface area (Å²) in [5.41, 5.74) is 5.80. The van der Waals surface area contributed by atoms with E-state index in [1.165, 1.54) is 16.8 Å². The van der Waals surface area contributed by atoms with Gasteiger partial charge < -0.3 is 9.42 Å². The van der Waals surface area contributed by atoms with Gasteiger partial charge in [0.25, 0.3) is 0 Å². The number of nitrogens with zero attached hydrogens (tertiary/aromatic N) is 2. The summed E-state index contributed by atoms with van der Waals surface area (Å²) in [6.07, 6.45) is 2.29. The Morgan fingerprint density at radius 2 is 1.83 bits per heavy atom. The first-order chi connectivity index (χ1) is 11.7. The Labute approximate surface area is 145 Å². The number of aromatic nitrogens is 1.